The fourth-order valence-corrected chi connectivity index (χ4v) is 3.18. The van der Waals surface area contributed by atoms with Gasteiger partial charge in [-0.05, 0) is 12.5 Å². The summed E-state index contributed by atoms with van der Waals surface area (Å²) >= 11 is 1.63. The number of hydrogen-bond acceptors (Lipinski definition) is 6. The van der Waals surface area contributed by atoms with Crippen LogP contribution >= 0.6 is 11.3 Å². The fourth-order valence-electron chi connectivity index (χ4n) is 2.21. The van der Waals surface area contributed by atoms with Crippen molar-refractivity contribution < 1.29 is 4.79 Å². The number of piperazine rings is 1. The standard InChI is InChI=1S/C12H15N5OS/c1-2-7-5-8-10(15-12(13)16-11(8)19-7)17-4-3-14-9(18)6-17/h5H,2-4,6H2,1H3,(H,14,18)(H2,13,15,16). The number of aromatic nitrogens is 2. The third kappa shape index (κ3) is 2.21. The lowest BCUT2D eigenvalue weighted by molar-refractivity contribution is -0.120. The number of hydrogen-bond donors (Lipinski definition) is 2. The lowest BCUT2D eigenvalue weighted by atomic mass is 10.2. The van der Waals surface area contributed by atoms with Crippen LogP contribution in [0.4, 0.5) is 11.8 Å². The Kier molecular flexibility index (Phi) is 2.98. The minimum Gasteiger partial charge on any atom is -0.368 e. The first-order valence-electron chi connectivity index (χ1n) is 6.25. The number of carbonyl (C=O) groups excluding carboxylic acids is 1. The minimum absolute atomic E-state index is 0.0162. The Bertz CT molecular complexity index is 638. The third-order valence-corrected chi connectivity index (χ3v) is 4.30. The fraction of sp³-hybridized carbons (Fsp3) is 0.417. The molecule has 2 aromatic heterocycles. The lowest BCUT2D eigenvalue weighted by Gasteiger charge is -2.28. The summed E-state index contributed by atoms with van der Waals surface area (Å²) in [5.41, 5.74) is 5.77. The summed E-state index contributed by atoms with van der Waals surface area (Å²) in [5.74, 6) is 1.05. The molecular weight excluding hydrogens is 262 g/mol. The van der Waals surface area contributed by atoms with Gasteiger partial charge in [-0.3, -0.25) is 4.79 Å². The zero-order valence-corrected chi connectivity index (χ0v) is 11.5. The van der Waals surface area contributed by atoms with Gasteiger partial charge in [0.05, 0.1) is 11.9 Å². The highest BCUT2D eigenvalue weighted by atomic mass is 32.1. The molecule has 3 rings (SSSR count). The topological polar surface area (TPSA) is 84.1 Å². The van der Waals surface area contributed by atoms with Crippen LogP contribution in [0, 0.1) is 0 Å². The highest BCUT2D eigenvalue weighted by Crippen LogP contribution is 2.31. The molecule has 0 aromatic carbocycles. The second kappa shape index (κ2) is 4.65. The van der Waals surface area contributed by atoms with Gasteiger partial charge in [-0.1, -0.05) is 6.92 Å². The van der Waals surface area contributed by atoms with E-state index in [-0.39, 0.29) is 11.9 Å². The molecular formula is C12H15N5OS. The Morgan fingerprint density at radius 1 is 1.53 bits per heavy atom. The molecule has 6 nitrogen and oxygen atoms in total. The molecule has 3 N–H and O–H groups in total. The molecule has 0 radical (unpaired) electrons. The molecule has 0 atom stereocenters. The van der Waals surface area contributed by atoms with Gasteiger partial charge in [-0.2, -0.15) is 4.98 Å². The first kappa shape index (κ1) is 12.2. The van der Waals surface area contributed by atoms with Crippen LogP contribution in [-0.4, -0.2) is 35.5 Å². The maximum absolute atomic E-state index is 11.5. The van der Waals surface area contributed by atoms with Crippen LogP contribution in [-0.2, 0) is 11.2 Å². The summed E-state index contributed by atoms with van der Waals surface area (Å²) in [6.07, 6.45) is 0.959. The van der Waals surface area contributed by atoms with Crippen LogP contribution in [0.3, 0.4) is 0 Å². The van der Waals surface area contributed by atoms with E-state index in [1.54, 1.807) is 11.3 Å². The van der Waals surface area contributed by atoms with Crippen molar-refractivity contribution in [3.63, 3.8) is 0 Å². The van der Waals surface area contributed by atoms with E-state index in [9.17, 15) is 4.79 Å². The van der Waals surface area contributed by atoms with Crippen LogP contribution < -0.4 is 16.0 Å². The van der Waals surface area contributed by atoms with Crippen molar-refractivity contribution in [2.24, 2.45) is 0 Å². The van der Waals surface area contributed by atoms with E-state index in [1.807, 2.05) is 4.90 Å². The summed E-state index contributed by atoms with van der Waals surface area (Å²) in [4.78, 5) is 24.2. The molecule has 1 saturated heterocycles. The van der Waals surface area contributed by atoms with E-state index in [2.05, 4.69) is 28.3 Å². The molecule has 100 valence electrons. The van der Waals surface area contributed by atoms with Crippen LogP contribution in [0.5, 0.6) is 0 Å². The summed E-state index contributed by atoms with van der Waals surface area (Å²) in [6, 6.07) is 2.10. The number of carbonyl (C=O) groups is 1. The summed E-state index contributed by atoms with van der Waals surface area (Å²) in [5, 5.41) is 3.80. The smallest absolute Gasteiger partial charge is 0.239 e. The summed E-state index contributed by atoms with van der Waals surface area (Å²) in [7, 11) is 0. The molecule has 0 aliphatic carbocycles. The normalized spacial score (nSPS) is 15.8. The quantitative estimate of drug-likeness (QED) is 0.847. The number of anilines is 2. The van der Waals surface area contributed by atoms with Gasteiger partial charge in [-0.15, -0.1) is 11.3 Å². The number of aryl methyl sites for hydroxylation is 1. The van der Waals surface area contributed by atoms with Crippen molar-refractivity contribution in [2.45, 2.75) is 13.3 Å². The number of nitrogens with zero attached hydrogens (tertiary/aromatic N) is 3. The monoisotopic (exact) mass is 277 g/mol. The summed E-state index contributed by atoms with van der Waals surface area (Å²) < 4.78 is 0. The lowest BCUT2D eigenvalue weighted by Crippen LogP contribution is -2.48. The zero-order valence-electron chi connectivity index (χ0n) is 10.6. The van der Waals surface area contributed by atoms with Gasteiger partial charge >= 0.3 is 0 Å². The van der Waals surface area contributed by atoms with Crippen LogP contribution in [0.1, 0.15) is 11.8 Å². The molecule has 0 saturated carbocycles. The predicted molar refractivity (Wildman–Crippen MR) is 76.4 cm³/mol. The Labute approximate surface area is 114 Å². The van der Waals surface area contributed by atoms with Crippen molar-refractivity contribution in [2.75, 3.05) is 30.3 Å². The van der Waals surface area contributed by atoms with E-state index in [1.165, 1.54) is 4.88 Å². The molecule has 0 bridgehead atoms. The Hall–Kier alpha value is -1.89. The molecule has 1 amide bonds. The molecule has 7 heteroatoms. The van der Waals surface area contributed by atoms with Gasteiger partial charge in [-0.25, -0.2) is 4.98 Å². The third-order valence-electron chi connectivity index (χ3n) is 3.13. The minimum atomic E-state index is 0.0162. The SMILES string of the molecule is CCc1cc2c(N3CCNC(=O)C3)nc(N)nc2s1. The van der Waals surface area contributed by atoms with Crippen LogP contribution in [0.15, 0.2) is 6.07 Å². The zero-order chi connectivity index (χ0) is 13.4. The molecule has 19 heavy (non-hydrogen) atoms. The molecule has 2 aromatic rings. The largest absolute Gasteiger partial charge is 0.368 e. The van der Waals surface area contributed by atoms with Gasteiger partial charge in [0.15, 0.2) is 0 Å². The first-order valence-corrected chi connectivity index (χ1v) is 7.06. The van der Waals surface area contributed by atoms with E-state index < -0.39 is 0 Å². The van der Waals surface area contributed by atoms with E-state index in [4.69, 9.17) is 5.73 Å². The van der Waals surface area contributed by atoms with Gasteiger partial charge in [0.2, 0.25) is 11.9 Å². The average Bonchev–Trinajstić information content (AvgIpc) is 2.80. The van der Waals surface area contributed by atoms with Crippen molar-refractivity contribution in [1.82, 2.24) is 15.3 Å². The van der Waals surface area contributed by atoms with Gasteiger partial charge < -0.3 is 16.0 Å². The van der Waals surface area contributed by atoms with E-state index in [0.717, 1.165) is 29.0 Å². The predicted octanol–water partition coefficient (Wildman–Crippen LogP) is 0.772. The number of nitrogens with two attached hydrogens (primary N) is 1. The van der Waals surface area contributed by atoms with Crippen molar-refractivity contribution >= 4 is 39.2 Å². The van der Waals surface area contributed by atoms with Gasteiger partial charge in [0.1, 0.15) is 10.6 Å². The average molecular weight is 277 g/mol. The van der Waals surface area contributed by atoms with Crippen molar-refractivity contribution in [1.29, 1.82) is 0 Å². The van der Waals surface area contributed by atoms with Gasteiger partial charge in [0.25, 0.3) is 0 Å². The number of nitrogen functional groups attached to an aromatic ring is 1. The molecule has 1 aliphatic rings. The van der Waals surface area contributed by atoms with Crippen molar-refractivity contribution in [3.05, 3.63) is 10.9 Å². The molecule has 0 unspecified atom stereocenters. The Morgan fingerprint density at radius 3 is 3.11 bits per heavy atom. The van der Waals surface area contributed by atoms with Crippen LogP contribution in [0.2, 0.25) is 0 Å². The molecule has 3 heterocycles. The number of amides is 1. The maximum Gasteiger partial charge on any atom is 0.239 e. The maximum atomic E-state index is 11.5. The number of fused-ring (bicyclic) bond motifs is 1. The van der Waals surface area contributed by atoms with E-state index >= 15 is 0 Å². The van der Waals surface area contributed by atoms with E-state index in [0.29, 0.717) is 13.1 Å². The second-order valence-corrected chi connectivity index (χ2v) is 5.58. The Morgan fingerprint density at radius 2 is 2.37 bits per heavy atom. The van der Waals surface area contributed by atoms with Gasteiger partial charge in [0, 0.05) is 18.0 Å². The second-order valence-electron chi connectivity index (χ2n) is 4.46. The highest BCUT2D eigenvalue weighted by Gasteiger charge is 2.21. The first-order chi connectivity index (χ1) is 9.17. The van der Waals surface area contributed by atoms with Crippen molar-refractivity contribution in [3.8, 4) is 0 Å². The number of nitrogens with one attached hydrogen (secondary N) is 1. The number of thiophene rings is 1. The summed E-state index contributed by atoms with van der Waals surface area (Å²) in [6.45, 7) is 3.81. The molecule has 1 fully saturated rings. The number of rotatable bonds is 2. The molecule has 0 spiro atoms. The molecule has 1 aliphatic heterocycles. The highest BCUT2D eigenvalue weighted by molar-refractivity contribution is 7.18. The Balaban J connectivity index is 2.10. The van der Waals surface area contributed by atoms with Crippen LogP contribution in [0.25, 0.3) is 10.2 Å².